The molecule has 7 unspecified atom stereocenters. The van der Waals surface area contributed by atoms with Crippen molar-refractivity contribution in [3.05, 3.63) is 0 Å². The second-order valence-corrected chi connectivity index (χ2v) is 15.9. The van der Waals surface area contributed by atoms with Crippen LogP contribution in [-0.4, -0.2) is 90.2 Å². The molecule has 246 valence electrons. The van der Waals surface area contributed by atoms with E-state index in [0.717, 1.165) is 32.5 Å². The third-order valence-corrected chi connectivity index (χ3v) is 12.2. The molecule has 1 aliphatic carbocycles. The van der Waals surface area contributed by atoms with E-state index in [-0.39, 0.29) is 49.6 Å². The molecule has 1 saturated carbocycles. The molecular formula is C31H53F3N6O2S. The number of hydrogen-bond donors (Lipinski definition) is 4. The Hall–Kier alpha value is -0.630. The van der Waals surface area contributed by atoms with Crippen LogP contribution in [-0.2, 0) is 9.53 Å². The number of fused-ring (bicyclic) bond motifs is 6. The van der Waals surface area contributed by atoms with Gasteiger partial charge in [-0.3, -0.25) is 25.1 Å². The van der Waals surface area contributed by atoms with Crippen LogP contribution in [0.25, 0.3) is 0 Å². The van der Waals surface area contributed by atoms with E-state index in [0.29, 0.717) is 42.8 Å². The normalized spacial score (nSPS) is 40.0. The highest BCUT2D eigenvalue weighted by Gasteiger charge is 2.62. The molecule has 8 nitrogen and oxygen atoms in total. The molecule has 4 N–H and O–H groups in total. The number of amides is 1. The minimum absolute atomic E-state index is 0.0114. The first-order valence-corrected chi connectivity index (χ1v) is 17.8. The SMILES string of the molecule is CC1(C)C[C@@H]2CCCNC3CCCC(N3)SNCC3CCC(N4CCC(OCCCC5(C(F)(F)F)CC5)C4=O)NC3N1C2. The van der Waals surface area contributed by atoms with Gasteiger partial charge in [-0.15, -0.1) is 0 Å². The predicted octanol–water partition coefficient (Wildman–Crippen LogP) is 4.53. The Kier molecular flexibility index (Phi) is 9.95. The molecule has 5 heterocycles. The minimum Gasteiger partial charge on any atom is -0.368 e. The smallest absolute Gasteiger partial charge is 0.368 e. The van der Waals surface area contributed by atoms with Crippen LogP contribution in [0.5, 0.6) is 0 Å². The zero-order valence-electron chi connectivity index (χ0n) is 26.0. The lowest BCUT2D eigenvalue weighted by Crippen LogP contribution is -2.65. The number of likely N-dealkylation sites (tertiary alicyclic amines) is 1. The quantitative estimate of drug-likeness (QED) is 0.252. The number of carbonyl (C=O) groups is 1. The van der Waals surface area contributed by atoms with Crippen molar-refractivity contribution in [1.82, 2.24) is 30.5 Å². The molecule has 0 spiro atoms. The second kappa shape index (κ2) is 13.2. The average Bonchev–Trinajstić information content (AvgIpc) is 3.59. The molecule has 0 aromatic rings. The Balaban J connectivity index is 1.07. The van der Waals surface area contributed by atoms with E-state index in [1.807, 2.05) is 16.8 Å². The first-order valence-electron chi connectivity index (χ1n) is 16.9. The van der Waals surface area contributed by atoms with Crippen LogP contribution in [0, 0.1) is 17.3 Å². The topological polar surface area (TPSA) is 80.9 Å². The summed E-state index contributed by atoms with van der Waals surface area (Å²) in [7, 11) is 0. The van der Waals surface area contributed by atoms with Crippen LogP contribution in [0.3, 0.4) is 0 Å². The van der Waals surface area contributed by atoms with Gasteiger partial charge in [0.15, 0.2) is 0 Å². The van der Waals surface area contributed by atoms with Crippen molar-refractivity contribution in [2.24, 2.45) is 17.3 Å². The predicted molar refractivity (Wildman–Crippen MR) is 163 cm³/mol. The van der Waals surface area contributed by atoms with Gasteiger partial charge in [0, 0.05) is 44.1 Å². The Morgan fingerprint density at radius 3 is 2.67 bits per heavy atom. The Morgan fingerprint density at radius 1 is 1.05 bits per heavy atom. The summed E-state index contributed by atoms with van der Waals surface area (Å²) in [5, 5.41) is 11.9. The molecule has 43 heavy (non-hydrogen) atoms. The van der Waals surface area contributed by atoms with E-state index < -0.39 is 17.7 Å². The number of rotatable bonds is 6. The van der Waals surface area contributed by atoms with E-state index in [4.69, 9.17) is 4.74 Å². The van der Waals surface area contributed by atoms with Gasteiger partial charge < -0.3 is 15.0 Å². The molecule has 12 heteroatoms. The Morgan fingerprint density at radius 2 is 1.88 bits per heavy atom. The van der Waals surface area contributed by atoms with Crippen molar-refractivity contribution in [1.29, 1.82) is 0 Å². The molecule has 0 aromatic heterocycles. The van der Waals surface area contributed by atoms with Gasteiger partial charge in [-0.25, -0.2) is 0 Å². The van der Waals surface area contributed by atoms with Crippen LogP contribution in [0.1, 0.15) is 97.3 Å². The summed E-state index contributed by atoms with van der Waals surface area (Å²) >= 11 is 1.84. The lowest BCUT2D eigenvalue weighted by Gasteiger charge is -2.49. The van der Waals surface area contributed by atoms with Gasteiger partial charge in [-0.1, -0.05) is 11.9 Å². The highest BCUT2D eigenvalue weighted by Crippen LogP contribution is 2.60. The molecule has 4 bridgehead atoms. The van der Waals surface area contributed by atoms with Crippen LogP contribution in [0.15, 0.2) is 0 Å². The third-order valence-electron chi connectivity index (χ3n) is 11.2. The van der Waals surface area contributed by atoms with E-state index in [1.54, 1.807) is 0 Å². The first-order chi connectivity index (χ1) is 20.5. The number of nitrogens with one attached hydrogen (secondary N) is 4. The molecule has 5 aliphatic heterocycles. The molecule has 1 amide bonds. The minimum atomic E-state index is -4.13. The van der Waals surface area contributed by atoms with Gasteiger partial charge in [0.05, 0.1) is 29.3 Å². The van der Waals surface area contributed by atoms with E-state index in [2.05, 4.69) is 39.4 Å². The monoisotopic (exact) mass is 630 g/mol. The van der Waals surface area contributed by atoms with E-state index >= 15 is 0 Å². The van der Waals surface area contributed by atoms with Crippen LogP contribution in [0.2, 0.25) is 0 Å². The van der Waals surface area contributed by atoms with E-state index in [1.165, 1.54) is 38.5 Å². The van der Waals surface area contributed by atoms with Gasteiger partial charge in [-0.05, 0) is 103 Å². The zero-order chi connectivity index (χ0) is 30.2. The summed E-state index contributed by atoms with van der Waals surface area (Å²) in [6.45, 7) is 8.64. The number of carbonyl (C=O) groups excluding carboxylic acids is 1. The highest BCUT2D eigenvalue weighted by atomic mass is 32.2. The number of piperidine rings is 2. The van der Waals surface area contributed by atoms with Crippen molar-refractivity contribution < 1.29 is 22.7 Å². The van der Waals surface area contributed by atoms with Gasteiger partial charge in [0.25, 0.3) is 5.91 Å². The molecule has 6 fully saturated rings. The van der Waals surface area contributed by atoms with Gasteiger partial charge >= 0.3 is 6.18 Å². The lowest BCUT2D eigenvalue weighted by atomic mass is 9.90. The number of nitrogens with zero attached hydrogens (tertiary/aromatic N) is 2. The molecule has 0 aromatic carbocycles. The fourth-order valence-electron chi connectivity index (χ4n) is 8.52. The largest absolute Gasteiger partial charge is 0.394 e. The van der Waals surface area contributed by atoms with Crippen LogP contribution < -0.4 is 20.7 Å². The number of ether oxygens (including phenoxy) is 1. The molecule has 8 atom stereocenters. The van der Waals surface area contributed by atoms with Crippen molar-refractivity contribution in [3.63, 3.8) is 0 Å². The average molecular weight is 631 g/mol. The lowest BCUT2D eigenvalue weighted by molar-refractivity contribution is -0.190. The number of alkyl halides is 3. The summed E-state index contributed by atoms with van der Waals surface area (Å²) in [6, 6.07) is 0. The Labute approximate surface area is 259 Å². The molecular weight excluding hydrogens is 577 g/mol. The molecule has 6 aliphatic rings. The summed E-state index contributed by atoms with van der Waals surface area (Å²) in [4.78, 5) is 18.1. The van der Waals surface area contributed by atoms with Crippen molar-refractivity contribution in [3.8, 4) is 0 Å². The highest BCUT2D eigenvalue weighted by molar-refractivity contribution is 7.98. The maximum atomic E-state index is 13.5. The maximum Gasteiger partial charge on any atom is 0.394 e. The molecule has 0 radical (unpaired) electrons. The summed E-state index contributed by atoms with van der Waals surface area (Å²) in [6.07, 6.45) is 6.49. The second-order valence-electron chi connectivity index (χ2n) is 14.8. The standard InChI is InChI=1S/C31H53F3N6O2S/c1-29(2)18-21-6-4-15-35-24-7-3-8-26(37-24)43-36-19-22-9-10-25(38-27(22)40(29)20-21)39-16-11-23(28(39)41)42-17-5-12-30(13-14-30)31(32,33)34/h21-27,35-38H,3-20H2,1-2H3/t21-,22?,23?,24?,25?,26?,27?/m0/s1. The molecule has 5 saturated heterocycles. The van der Waals surface area contributed by atoms with Crippen molar-refractivity contribution in [2.75, 3.05) is 32.8 Å². The summed E-state index contributed by atoms with van der Waals surface area (Å²) < 4.78 is 49.5. The first kappa shape index (κ1) is 32.3. The van der Waals surface area contributed by atoms with Crippen molar-refractivity contribution >= 4 is 17.9 Å². The summed E-state index contributed by atoms with van der Waals surface area (Å²) in [5.41, 5.74) is -1.42. The van der Waals surface area contributed by atoms with E-state index in [9.17, 15) is 18.0 Å². The van der Waals surface area contributed by atoms with Crippen molar-refractivity contribution in [2.45, 2.75) is 139 Å². The third kappa shape index (κ3) is 7.36. The Bertz CT molecular complexity index is 968. The zero-order valence-corrected chi connectivity index (χ0v) is 26.8. The van der Waals surface area contributed by atoms with Crippen LogP contribution >= 0.6 is 11.9 Å². The molecule has 6 rings (SSSR count). The number of halogens is 3. The van der Waals surface area contributed by atoms with Gasteiger partial charge in [-0.2, -0.15) is 13.2 Å². The summed E-state index contributed by atoms with van der Waals surface area (Å²) in [5.74, 6) is 1.08. The fraction of sp³-hybridized carbons (Fsp3) is 0.968. The maximum absolute atomic E-state index is 13.5. The fourth-order valence-corrected chi connectivity index (χ4v) is 9.55. The van der Waals surface area contributed by atoms with Crippen LogP contribution in [0.4, 0.5) is 13.2 Å². The number of hydrogen-bond acceptors (Lipinski definition) is 8. The van der Waals surface area contributed by atoms with Gasteiger partial charge in [0.1, 0.15) is 6.10 Å². The van der Waals surface area contributed by atoms with Gasteiger partial charge in [0.2, 0.25) is 0 Å².